The Balaban J connectivity index is 1.58. The first kappa shape index (κ1) is 24.2. The van der Waals surface area contributed by atoms with Gasteiger partial charge in [0.1, 0.15) is 6.61 Å². The molecule has 0 radical (unpaired) electrons. The van der Waals surface area contributed by atoms with E-state index in [-0.39, 0.29) is 23.9 Å². The monoisotopic (exact) mass is 536 g/mol. The fourth-order valence-electron chi connectivity index (χ4n) is 3.41. The Morgan fingerprint density at radius 2 is 1.89 bits per heavy atom. The zero-order chi connectivity index (χ0) is 24.9. The van der Waals surface area contributed by atoms with Crippen molar-refractivity contribution in [2.24, 2.45) is 4.99 Å². The Hall–Kier alpha value is -3.98. The molecule has 3 aromatic carbocycles. The molecule has 0 spiro atoms. The van der Waals surface area contributed by atoms with E-state index in [2.05, 4.69) is 20.9 Å². The van der Waals surface area contributed by atoms with Gasteiger partial charge in [0.25, 0.3) is 5.69 Å². The number of esters is 1. The van der Waals surface area contributed by atoms with Gasteiger partial charge in [0, 0.05) is 17.7 Å². The first-order chi connectivity index (χ1) is 16.8. The Kier molecular flexibility index (Phi) is 7.26. The number of rotatable bonds is 8. The molecule has 0 bridgehead atoms. The van der Waals surface area contributed by atoms with Gasteiger partial charge >= 0.3 is 5.97 Å². The van der Waals surface area contributed by atoms with Crippen LogP contribution in [0.1, 0.15) is 29.2 Å². The van der Waals surface area contributed by atoms with Gasteiger partial charge in [0.15, 0.2) is 17.2 Å². The molecule has 0 atom stereocenters. The van der Waals surface area contributed by atoms with E-state index >= 15 is 0 Å². The van der Waals surface area contributed by atoms with Crippen molar-refractivity contribution in [3.05, 3.63) is 103 Å². The van der Waals surface area contributed by atoms with E-state index in [0.29, 0.717) is 28.1 Å². The fourth-order valence-corrected chi connectivity index (χ4v) is 3.99. The molecule has 178 valence electrons. The van der Waals surface area contributed by atoms with Gasteiger partial charge in [-0.05, 0) is 83.4 Å². The average Bonchev–Trinajstić information content (AvgIpc) is 3.19. The Morgan fingerprint density at radius 1 is 1.11 bits per heavy atom. The SMILES string of the molecule is CCOc1cc(/C=C2/N=C(c3cccc(C)c3)OC2=O)cc(Br)c1OCc1ccc([N+](=O)[O-])cc1. The van der Waals surface area contributed by atoms with E-state index in [1.165, 1.54) is 12.1 Å². The fraction of sp³-hybridized carbons (Fsp3) is 0.154. The number of nitro benzene ring substituents is 1. The second-order valence-electron chi connectivity index (χ2n) is 7.68. The number of nitrogens with zero attached hydrogens (tertiary/aromatic N) is 2. The summed E-state index contributed by atoms with van der Waals surface area (Å²) < 4.78 is 17.7. The van der Waals surface area contributed by atoms with Crippen LogP contribution in [-0.2, 0) is 16.1 Å². The van der Waals surface area contributed by atoms with Gasteiger partial charge in [0.2, 0.25) is 5.90 Å². The predicted molar refractivity (Wildman–Crippen MR) is 135 cm³/mol. The van der Waals surface area contributed by atoms with Crippen LogP contribution in [0.2, 0.25) is 0 Å². The van der Waals surface area contributed by atoms with Gasteiger partial charge in [0.05, 0.1) is 16.0 Å². The summed E-state index contributed by atoms with van der Waals surface area (Å²) >= 11 is 3.52. The minimum Gasteiger partial charge on any atom is -0.490 e. The molecule has 0 saturated heterocycles. The standard InChI is InChI=1S/C26H21BrN2O6/c1-3-33-23-14-18(13-22-26(30)35-25(28-22)19-6-4-5-16(2)11-19)12-21(27)24(23)34-15-17-7-9-20(10-8-17)29(31)32/h4-14H,3,15H2,1-2H3/b22-13+. The molecule has 35 heavy (non-hydrogen) atoms. The van der Waals surface area contributed by atoms with E-state index in [0.717, 1.165) is 16.7 Å². The third kappa shape index (κ3) is 5.75. The molecule has 1 aliphatic rings. The first-order valence-corrected chi connectivity index (χ1v) is 11.6. The highest BCUT2D eigenvalue weighted by molar-refractivity contribution is 9.10. The summed E-state index contributed by atoms with van der Waals surface area (Å²) in [5.74, 6) is 0.682. The number of hydrogen-bond donors (Lipinski definition) is 0. The van der Waals surface area contributed by atoms with E-state index in [9.17, 15) is 14.9 Å². The minimum atomic E-state index is -0.533. The number of aryl methyl sites for hydroxylation is 1. The molecule has 1 heterocycles. The summed E-state index contributed by atoms with van der Waals surface area (Å²) in [7, 11) is 0. The van der Waals surface area contributed by atoms with Crippen molar-refractivity contribution >= 4 is 39.6 Å². The van der Waals surface area contributed by atoms with Crippen LogP contribution >= 0.6 is 15.9 Å². The molecule has 0 unspecified atom stereocenters. The van der Waals surface area contributed by atoms with Gasteiger partial charge < -0.3 is 14.2 Å². The van der Waals surface area contributed by atoms with Gasteiger partial charge in [-0.2, -0.15) is 0 Å². The molecule has 1 aliphatic heterocycles. The van der Waals surface area contributed by atoms with Gasteiger partial charge in [-0.25, -0.2) is 9.79 Å². The van der Waals surface area contributed by atoms with Crippen molar-refractivity contribution in [2.75, 3.05) is 6.61 Å². The number of benzene rings is 3. The number of hydrogen-bond acceptors (Lipinski definition) is 7. The van der Waals surface area contributed by atoms with Crippen molar-refractivity contribution in [1.29, 1.82) is 0 Å². The summed E-state index contributed by atoms with van der Waals surface area (Å²) in [4.78, 5) is 27.2. The molecular formula is C26H21BrN2O6. The molecular weight excluding hydrogens is 516 g/mol. The van der Waals surface area contributed by atoms with Crippen LogP contribution < -0.4 is 9.47 Å². The van der Waals surface area contributed by atoms with Gasteiger partial charge in [-0.1, -0.05) is 17.7 Å². The lowest BCUT2D eigenvalue weighted by atomic mass is 10.1. The van der Waals surface area contributed by atoms with E-state index < -0.39 is 10.9 Å². The summed E-state index contributed by atoms with van der Waals surface area (Å²) in [6.45, 7) is 4.40. The number of carbonyl (C=O) groups excluding carboxylic acids is 1. The van der Waals surface area contributed by atoms with Crippen molar-refractivity contribution in [3.8, 4) is 11.5 Å². The molecule has 3 aromatic rings. The average molecular weight is 537 g/mol. The number of cyclic esters (lactones) is 1. The number of non-ortho nitro benzene ring substituents is 1. The van der Waals surface area contributed by atoms with E-state index in [1.807, 2.05) is 38.1 Å². The predicted octanol–water partition coefficient (Wildman–Crippen LogP) is 5.99. The van der Waals surface area contributed by atoms with Crippen LogP contribution in [0.3, 0.4) is 0 Å². The maximum absolute atomic E-state index is 12.4. The van der Waals surface area contributed by atoms with Crippen LogP contribution in [0, 0.1) is 17.0 Å². The maximum atomic E-state index is 12.4. The molecule has 0 amide bonds. The van der Waals surface area contributed by atoms with Gasteiger partial charge in [-0.15, -0.1) is 0 Å². The largest absolute Gasteiger partial charge is 0.490 e. The molecule has 0 fully saturated rings. The Morgan fingerprint density at radius 3 is 2.57 bits per heavy atom. The summed E-state index contributed by atoms with van der Waals surface area (Å²) in [6, 6.07) is 17.2. The van der Waals surface area contributed by atoms with Crippen LogP contribution in [0.4, 0.5) is 5.69 Å². The summed E-state index contributed by atoms with van der Waals surface area (Å²) in [6.07, 6.45) is 1.62. The normalized spacial score (nSPS) is 14.0. The van der Waals surface area contributed by atoms with Crippen LogP contribution in [0.25, 0.3) is 6.08 Å². The summed E-state index contributed by atoms with van der Waals surface area (Å²) in [5, 5.41) is 10.8. The third-order valence-electron chi connectivity index (χ3n) is 5.05. The smallest absolute Gasteiger partial charge is 0.363 e. The van der Waals surface area contributed by atoms with Crippen molar-refractivity contribution in [1.82, 2.24) is 0 Å². The second-order valence-corrected chi connectivity index (χ2v) is 8.54. The lowest BCUT2D eigenvalue weighted by molar-refractivity contribution is -0.384. The highest BCUT2D eigenvalue weighted by Crippen LogP contribution is 2.38. The highest BCUT2D eigenvalue weighted by atomic mass is 79.9. The Bertz CT molecular complexity index is 1350. The van der Waals surface area contributed by atoms with Crippen LogP contribution in [0.15, 0.2) is 75.8 Å². The second kappa shape index (κ2) is 10.5. The molecule has 8 nitrogen and oxygen atoms in total. The third-order valence-corrected chi connectivity index (χ3v) is 5.64. The molecule has 0 aromatic heterocycles. The first-order valence-electron chi connectivity index (χ1n) is 10.8. The number of halogens is 1. The van der Waals surface area contributed by atoms with E-state index in [4.69, 9.17) is 14.2 Å². The minimum absolute atomic E-state index is 0.0148. The lowest BCUT2D eigenvalue weighted by Gasteiger charge is -2.15. The van der Waals surface area contributed by atoms with Gasteiger partial charge in [-0.3, -0.25) is 10.1 Å². The number of ether oxygens (including phenoxy) is 3. The number of nitro groups is 1. The molecule has 9 heteroatoms. The van der Waals surface area contributed by atoms with E-state index in [1.54, 1.807) is 30.3 Å². The summed E-state index contributed by atoms with van der Waals surface area (Å²) in [5.41, 5.74) is 3.39. The maximum Gasteiger partial charge on any atom is 0.363 e. The quantitative estimate of drug-likeness (QED) is 0.152. The lowest BCUT2D eigenvalue weighted by Crippen LogP contribution is -2.05. The Labute approximate surface area is 210 Å². The zero-order valence-electron chi connectivity index (χ0n) is 19.0. The number of aliphatic imine (C=N–C) groups is 1. The molecule has 0 aliphatic carbocycles. The highest BCUT2D eigenvalue weighted by Gasteiger charge is 2.24. The van der Waals surface area contributed by atoms with Crippen molar-refractivity contribution in [2.45, 2.75) is 20.5 Å². The number of carbonyl (C=O) groups is 1. The van der Waals surface area contributed by atoms with Crippen molar-refractivity contribution < 1.29 is 23.9 Å². The zero-order valence-corrected chi connectivity index (χ0v) is 20.6. The molecule has 0 N–H and O–H groups in total. The molecule has 0 saturated carbocycles. The topological polar surface area (TPSA) is 100 Å². The molecule has 4 rings (SSSR count). The van der Waals surface area contributed by atoms with Crippen LogP contribution in [0.5, 0.6) is 11.5 Å². The van der Waals surface area contributed by atoms with Crippen LogP contribution in [-0.4, -0.2) is 23.4 Å². The van der Waals surface area contributed by atoms with Crippen molar-refractivity contribution in [3.63, 3.8) is 0 Å².